The molecule has 0 bridgehead atoms. The van der Waals surface area contributed by atoms with Crippen LogP contribution in [0.25, 0.3) is 44.5 Å². The lowest BCUT2D eigenvalue weighted by Gasteiger charge is -2.19. The van der Waals surface area contributed by atoms with Crippen molar-refractivity contribution in [2.75, 3.05) is 10.6 Å². The van der Waals surface area contributed by atoms with Gasteiger partial charge in [-0.15, -0.1) is 0 Å². The molecule has 2 nitrogen and oxygen atoms in total. The molecule has 7 aromatic carbocycles. The average molecular weight is 677 g/mol. The van der Waals surface area contributed by atoms with Gasteiger partial charge in [0.1, 0.15) is 0 Å². The molecule has 7 aromatic rings. The maximum absolute atomic E-state index is 3.62. The zero-order valence-electron chi connectivity index (χ0n) is 31.3. The van der Waals surface area contributed by atoms with Crippen molar-refractivity contribution in [3.63, 3.8) is 0 Å². The summed E-state index contributed by atoms with van der Waals surface area (Å²) < 4.78 is 0. The molecule has 0 unspecified atom stereocenters. The van der Waals surface area contributed by atoms with E-state index in [4.69, 9.17) is 0 Å². The van der Waals surface area contributed by atoms with Gasteiger partial charge in [0.05, 0.1) is 0 Å². The van der Waals surface area contributed by atoms with Gasteiger partial charge >= 0.3 is 0 Å². The molecule has 0 atom stereocenters. The van der Waals surface area contributed by atoms with Crippen molar-refractivity contribution in [1.82, 2.24) is 0 Å². The lowest BCUT2D eigenvalue weighted by molar-refractivity contribution is 1.10. The quantitative estimate of drug-likeness (QED) is 0.151. The summed E-state index contributed by atoms with van der Waals surface area (Å²) in [5, 5.41) is 7.25. The molecule has 2 heteroatoms. The Labute approximate surface area is 310 Å². The largest absolute Gasteiger partial charge is 0.356 e. The summed E-state index contributed by atoms with van der Waals surface area (Å²) in [5.74, 6) is 0. The highest BCUT2D eigenvalue weighted by Crippen LogP contribution is 2.38. The molecular formula is C50H48N2. The molecule has 0 spiro atoms. The highest BCUT2D eigenvalue weighted by atomic mass is 14.9. The lowest BCUT2D eigenvalue weighted by Crippen LogP contribution is -1.99. The number of hydrogen-bond acceptors (Lipinski definition) is 2. The SMILES string of the molecule is CCc1cc(-c2ccc(Nc3ccc(-c4ccc(C)cc4)cc3)cc2C)c(CC)cc1-c1ccc(Nc2ccc(-c3ccc(C)cc3)cc2)cc1C. The third-order valence-corrected chi connectivity index (χ3v) is 10.2. The minimum atomic E-state index is 0.969. The molecule has 0 saturated carbocycles. The van der Waals surface area contributed by atoms with E-state index in [2.05, 4.69) is 198 Å². The van der Waals surface area contributed by atoms with Crippen LogP contribution in [0.15, 0.2) is 146 Å². The van der Waals surface area contributed by atoms with Gasteiger partial charge in [-0.2, -0.15) is 0 Å². The van der Waals surface area contributed by atoms with Gasteiger partial charge < -0.3 is 10.6 Å². The van der Waals surface area contributed by atoms with Crippen LogP contribution in [0.2, 0.25) is 0 Å². The van der Waals surface area contributed by atoms with Crippen molar-refractivity contribution in [3.05, 3.63) is 179 Å². The molecule has 258 valence electrons. The van der Waals surface area contributed by atoms with Crippen LogP contribution in [0.4, 0.5) is 22.7 Å². The van der Waals surface area contributed by atoms with Crippen LogP contribution in [0.3, 0.4) is 0 Å². The lowest BCUT2D eigenvalue weighted by atomic mass is 9.86. The van der Waals surface area contributed by atoms with Gasteiger partial charge in [-0.1, -0.05) is 122 Å². The van der Waals surface area contributed by atoms with Gasteiger partial charge in [0, 0.05) is 22.7 Å². The molecule has 0 saturated heterocycles. The fourth-order valence-corrected chi connectivity index (χ4v) is 7.18. The smallest absolute Gasteiger partial charge is 0.0387 e. The van der Waals surface area contributed by atoms with Crippen molar-refractivity contribution in [1.29, 1.82) is 0 Å². The van der Waals surface area contributed by atoms with Crippen molar-refractivity contribution in [3.8, 4) is 44.5 Å². The fourth-order valence-electron chi connectivity index (χ4n) is 7.18. The predicted octanol–water partition coefficient (Wildman–Crippen LogP) is 14.2. The summed E-state index contributed by atoms with van der Waals surface area (Å²) in [7, 11) is 0. The van der Waals surface area contributed by atoms with Crippen LogP contribution >= 0.6 is 0 Å². The van der Waals surface area contributed by atoms with E-state index in [0.717, 1.165) is 35.6 Å². The Bertz CT molecular complexity index is 2140. The standard InChI is InChI=1S/C50H48N2/c1-7-37-31-50(48-28-26-46(30-36(48)6)52-44-23-19-42(20-24-44)40-15-11-34(4)12-16-40)38(8-2)32-49(37)47-27-25-45(29-35(47)5)51-43-21-17-41(18-22-43)39-13-9-33(3)10-14-39/h9-32,51-52H,7-8H2,1-6H3. The van der Waals surface area contributed by atoms with Gasteiger partial charge in [-0.3, -0.25) is 0 Å². The van der Waals surface area contributed by atoms with Gasteiger partial charge in [0.2, 0.25) is 0 Å². The molecule has 7 rings (SSSR count). The van der Waals surface area contributed by atoms with E-state index in [1.54, 1.807) is 0 Å². The minimum absolute atomic E-state index is 0.969. The first-order chi connectivity index (χ1) is 25.3. The third-order valence-electron chi connectivity index (χ3n) is 10.2. The fraction of sp³-hybridized carbons (Fsp3) is 0.160. The van der Waals surface area contributed by atoms with Crippen LogP contribution in [-0.4, -0.2) is 0 Å². The molecule has 0 fully saturated rings. The third kappa shape index (κ3) is 7.57. The summed E-state index contributed by atoms with van der Waals surface area (Å²) in [6.07, 6.45) is 1.94. The molecular weight excluding hydrogens is 629 g/mol. The maximum atomic E-state index is 3.62. The Morgan fingerprint density at radius 2 is 0.635 bits per heavy atom. The number of hydrogen-bond donors (Lipinski definition) is 2. The first-order valence-electron chi connectivity index (χ1n) is 18.5. The Kier molecular flexibility index (Phi) is 10.1. The summed E-state index contributed by atoms with van der Waals surface area (Å²) in [4.78, 5) is 0. The minimum Gasteiger partial charge on any atom is -0.356 e. The van der Waals surface area contributed by atoms with Crippen LogP contribution in [-0.2, 0) is 12.8 Å². The molecule has 0 aliphatic carbocycles. The van der Waals surface area contributed by atoms with Crippen molar-refractivity contribution in [2.45, 2.75) is 54.4 Å². The zero-order valence-corrected chi connectivity index (χ0v) is 31.3. The molecule has 2 N–H and O–H groups in total. The van der Waals surface area contributed by atoms with Gasteiger partial charge in [0.15, 0.2) is 0 Å². The molecule has 0 radical (unpaired) electrons. The van der Waals surface area contributed by atoms with E-state index in [-0.39, 0.29) is 0 Å². The van der Waals surface area contributed by atoms with Crippen molar-refractivity contribution >= 4 is 22.7 Å². The summed E-state index contributed by atoms with van der Waals surface area (Å²) in [6, 6.07) is 53.2. The number of nitrogens with one attached hydrogen (secondary N) is 2. The Morgan fingerprint density at radius 3 is 0.942 bits per heavy atom. The molecule has 0 aliphatic heterocycles. The highest BCUT2D eigenvalue weighted by molar-refractivity contribution is 5.82. The zero-order chi connectivity index (χ0) is 36.2. The van der Waals surface area contributed by atoms with Crippen molar-refractivity contribution < 1.29 is 0 Å². The number of aryl methyl sites for hydroxylation is 6. The maximum Gasteiger partial charge on any atom is 0.0387 e. The van der Waals surface area contributed by atoms with Crippen LogP contribution in [0, 0.1) is 27.7 Å². The monoisotopic (exact) mass is 676 g/mol. The molecule has 52 heavy (non-hydrogen) atoms. The van der Waals surface area contributed by atoms with Crippen LogP contribution in [0.1, 0.15) is 47.2 Å². The summed E-state index contributed by atoms with van der Waals surface area (Å²) in [6.45, 7) is 13.2. The van der Waals surface area contributed by atoms with Gasteiger partial charge in [-0.05, 0) is 156 Å². The number of anilines is 4. The van der Waals surface area contributed by atoms with E-state index in [1.807, 2.05) is 0 Å². The van der Waals surface area contributed by atoms with E-state index in [9.17, 15) is 0 Å². The second-order valence-electron chi connectivity index (χ2n) is 14.1. The number of benzene rings is 7. The van der Waals surface area contributed by atoms with Crippen LogP contribution in [0.5, 0.6) is 0 Å². The van der Waals surface area contributed by atoms with E-state index in [0.29, 0.717) is 0 Å². The Balaban J connectivity index is 1.09. The van der Waals surface area contributed by atoms with Crippen molar-refractivity contribution in [2.24, 2.45) is 0 Å². The molecule has 0 aliphatic rings. The van der Waals surface area contributed by atoms with Crippen LogP contribution < -0.4 is 10.6 Å². The second-order valence-corrected chi connectivity index (χ2v) is 14.1. The first-order valence-corrected chi connectivity index (χ1v) is 18.5. The Hall–Kier alpha value is -5.86. The number of rotatable bonds is 10. The van der Waals surface area contributed by atoms with E-state index < -0.39 is 0 Å². The van der Waals surface area contributed by atoms with E-state index >= 15 is 0 Å². The summed E-state index contributed by atoms with van der Waals surface area (Å²) in [5.41, 5.74) is 22.4. The van der Waals surface area contributed by atoms with Gasteiger partial charge in [0.25, 0.3) is 0 Å². The second kappa shape index (κ2) is 15.2. The molecule has 0 aromatic heterocycles. The summed E-state index contributed by atoms with van der Waals surface area (Å²) >= 11 is 0. The Morgan fingerprint density at radius 1 is 0.327 bits per heavy atom. The predicted molar refractivity (Wildman–Crippen MR) is 225 cm³/mol. The molecule has 0 heterocycles. The molecule has 0 amide bonds. The average Bonchev–Trinajstić information content (AvgIpc) is 3.16. The van der Waals surface area contributed by atoms with Gasteiger partial charge in [-0.25, -0.2) is 0 Å². The first kappa shape index (κ1) is 34.6. The highest BCUT2D eigenvalue weighted by Gasteiger charge is 2.15. The normalized spacial score (nSPS) is 11.0. The van der Waals surface area contributed by atoms with E-state index in [1.165, 1.54) is 77.9 Å². The topological polar surface area (TPSA) is 24.1 Å².